The summed E-state index contributed by atoms with van der Waals surface area (Å²) >= 11 is 0. The molecule has 17 heavy (non-hydrogen) atoms. The van der Waals surface area contributed by atoms with Crippen LogP contribution in [-0.4, -0.2) is 12.1 Å². The fraction of sp³-hybridized carbons (Fsp3) is 1.00. The molecule has 2 rings (SSSR count). The minimum absolute atomic E-state index is 0.760. The van der Waals surface area contributed by atoms with Crippen molar-refractivity contribution in [3.8, 4) is 0 Å². The molecule has 2 fully saturated rings. The van der Waals surface area contributed by atoms with Crippen molar-refractivity contribution in [2.75, 3.05) is 0 Å². The molecule has 1 nitrogen and oxygen atoms in total. The third kappa shape index (κ3) is 3.98. The second-order valence-corrected chi connectivity index (χ2v) is 6.49. The quantitative estimate of drug-likeness (QED) is 0.758. The maximum atomic E-state index is 3.95. The summed E-state index contributed by atoms with van der Waals surface area (Å²) in [6.45, 7) is 4.79. The molecule has 2 aliphatic carbocycles. The lowest BCUT2D eigenvalue weighted by Gasteiger charge is -2.35. The molecule has 3 atom stereocenters. The molecule has 0 radical (unpaired) electrons. The summed E-state index contributed by atoms with van der Waals surface area (Å²) in [6, 6.07) is 1.58. The van der Waals surface area contributed by atoms with Crippen LogP contribution in [-0.2, 0) is 0 Å². The van der Waals surface area contributed by atoms with Gasteiger partial charge >= 0.3 is 0 Å². The molecule has 0 heterocycles. The molecule has 0 saturated heterocycles. The first kappa shape index (κ1) is 13.4. The minimum Gasteiger partial charge on any atom is -0.311 e. The van der Waals surface area contributed by atoms with E-state index in [0.29, 0.717) is 0 Å². The summed E-state index contributed by atoms with van der Waals surface area (Å²) in [4.78, 5) is 0. The van der Waals surface area contributed by atoms with E-state index < -0.39 is 0 Å². The van der Waals surface area contributed by atoms with Crippen LogP contribution in [0, 0.1) is 11.8 Å². The molecular weight excluding hydrogens is 206 g/mol. The minimum atomic E-state index is 0.760. The van der Waals surface area contributed by atoms with E-state index in [1.165, 1.54) is 64.2 Å². The van der Waals surface area contributed by atoms with Gasteiger partial charge in [0.05, 0.1) is 0 Å². The molecule has 0 amide bonds. The van der Waals surface area contributed by atoms with Gasteiger partial charge in [-0.3, -0.25) is 0 Å². The standard InChI is InChI=1S/C16H31N/c1-3-14-8-7-11-16(12-14)17-13(2)15-9-5-4-6-10-15/h13-17H,3-12H2,1-2H3. The lowest BCUT2D eigenvalue weighted by molar-refractivity contribution is 0.217. The van der Waals surface area contributed by atoms with Crippen LogP contribution in [0.4, 0.5) is 0 Å². The normalized spacial score (nSPS) is 33.5. The molecule has 0 aromatic carbocycles. The third-order valence-electron chi connectivity index (χ3n) is 5.22. The molecule has 100 valence electrons. The molecule has 0 aromatic heterocycles. The second-order valence-electron chi connectivity index (χ2n) is 6.49. The van der Waals surface area contributed by atoms with Crippen molar-refractivity contribution in [2.24, 2.45) is 11.8 Å². The van der Waals surface area contributed by atoms with Gasteiger partial charge in [0.1, 0.15) is 0 Å². The zero-order valence-corrected chi connectivity index (χ0v) is 11.9. The molecule has 0 spiro atoms. The van der Waals surface area contributed by atoms with Crippen molar-refractivity contribution >= 4 is 0 Å². The van der Waals surface area contributed by atoms with E-state index in [4.69, 9.17) is 0 Å². The highest BCUT2D eigenvalue weighted by molar-refractivity contribution is 4.83. The Bertz CT molecular complexity index is 208. The van der Waals surface area contributed by atoms with Crippen molar-refractivity contribution in [1.29, 1.82) is 0 Å². The van der Waals surface area contributed by atoms with Gasteiger partial charge in [-0.15, -0.1) is 0 Å². The van der Waals surface area contributed by atoms with E-state index in [9.17, 15) is 0 Å². The molecule has 2 aliphatic rings. The highest BCUT2D eigenvalue weighted by Crippen LogP contribution is 2.30. The van der Waals surface area contributed by atoms with Gasteiger partial charge in [0, 0.05) is 12.1 Å². The van der Waals surface area contributed by atoms with E-state index in [-0.39, 0.29) is 0 Å². The number of hydrogen-bond donors (Lipinski definition) is 1. The largest absolute Gasteiger partial charge is 0.311 e. The predicted molar refractivity (Wildman–Crippen MR) is 75.2 cm³/mol. The van der Waals surface area contributed by atoms with E-state index in [0.717, 1.165) is 23.9 Å². The van der Waals surface area contributed by atoms with Gasteiger partial charge in [-0.2, -0.15) is 0 Å². The summed E-state index contributed by atoms with van der Waals surface area (Å²) < 4.78 is 0. The summed E-state index contributed by atoms with van der Waals surface area (Å²) in [5.74, 6) is 1.96. The Morgan fingerprint density at radius 3 is 2.47 bits per heavy atom. The summed E-state index contributed by atoms with van der Waals surface area (Å²) in [7, 11) is 0. The summed E-state index contributed by atoms with van der Waals surface area (Å²) in [5, 5.41) is 3.95. The maximum Gasteiger partial charge on any atom is 0.00722 e. The van der Waals surface area contributed by atoms with Gasteiger partial charge in [-0.05, 0) is 44.4 Å². The molecular formula is C16H31N. The van der Waals surface area contributed by atoms with Crippen LogP contribution >= 0.6 is 0 Å². The van der Waals surface area contributed by atoms with Gasteiger partial charge in [0.15, 0.2) is 0 Å². The van der Waals surface area contributed by atoms with Gasteiger partial charge < -0.3 is 5.32 Å². The lowest BCUT2D eigenvalue weighted by Crippen LogP contribution is -2.43. The van der Waals surface area contributed by atoms with Crippen LogP contribution in [0.3, 0.4) is 0 Å². The molecule has 3 unspecified atom stereocenters. The maximum absolute atomic E-state index is 3.95. The average Bonchev–Trinajstić information content (AvgIpc) is 2.40. The Kier molecular flexibility index (Phi) is 5.34. The van der Waals surface area contributed by atoms with Crippen molar-refractivity contribution in [2.45, 2.75) is 90.1 Å². The first-order valence-electron chi connectivity index (χ1n) is 8.05. The Hall–Kier alpha value is -0.0400. The SMILES string of the molecule is CCC1CCCC(NC(C)C2CCCCC2)C1. The van der Waals surface area contributed by atoms with Crippen LogP contribution in [0.2, 0.25) is 0 Å². The second kappa shape index (κ2) is 6.78. The first-order chi connectivity index (χ1) is 8.29. The Morgan fingerprint density at radius 2 is 1.76 bits per heavy atom. The Balaban J connectivity index is 1.74. The summed E-state index contributed by atoms with van der Waals surface area (Å²) in [5.41, 5.74) is 0. The van der Waals surface area contributed by atoms with Crippen molar-refractivity contribution < 1.29 is 0 Å². The fourth-order valence-electron chi connectivity index (χ4n) is 3.96. The van der Waals surface area contributed by atoms with Crippen molar-refractivity contribution in [1.82, 2.24) is 5.32 Å². The van der Waals surface area contributed by atoms with Crippen molar-refractivity contribution in [3.63, 3.8) is 0 Å². The van der Waals surface area contributed by atoms with E-state index >= 15 is 0 Å². The first-order valence-corrected chi connectivity index (χ1v) is 8.05. The monoisotopic (exact) mass is 237 g/mol. The zero-order valence-electron chi connectivity index (χ0n) is 11.9. The Labute approximate surface area is 108 Å². The van der Waals surface area contributed by atoms with Crippen LogP contribution in [0.25, 0.3) is 0 Å². The number of rotatable bonds is 4. The highest BCUT2D eigenvalue weighted by Gasteiger charge is 2.25. The van der Waals surface area contributed by atoms with E-state index in [2.05, 4.69) is 19.2 Å². The molecule has 0 aromatic rings. The topological polar surface area (TPSA) is 12.0 Å². The van der Waals surface area contributed by atoms with Gasteiger partial charge in [-0.1, -0.05) is 45.4 Å². The number of nitrogens with one attached hydrogen (secondary N) is 1. The van der Waals surface area contributed by atoms with Crippen LogP contribution < -0.4 is 5.32 Å². The molecule has 1 heteroatoms. The van der Waals surface area contributed by atoms with Crippen LogP contribution in [0.1, 0.15) is 78.1 Å². The van der Waals surface area contributed by atoms with Gasteiger partial charge in [0.2, 0.25) is 0 Å². The van der Waals surface area contributed by atoms with Gasteiger partial charge in [-0.25, -0.2) is 0 Å². The van der Waals surface area contributed by atoms with Crippen LogP contribution in [0.5, 0.6) is 0 Å². The van der Waals surface area contributed by atoms with E-state index in [1.54, 1.807) is 0 Å². The average molecular weight is 237 g/mol. The summed E-state index contributed by atoms with van der Waals surface area (Å²) in [6.07, 6.45) is 14.5. The van der Waals surface area contributed by atoms with Gasteiger partial charge in [0.25, 0.3) is 0 Å². The fourth-order valence-corrected chi connectivity index (χ4v) is 3.96. The Morgan fingerprint density at radius 1 is 1.00 bits per heavy atom. The molecule has 1 N–H and O–H groups in total. The highest BCUT2D eigenvalue weighted by atomic mass is 15.0. The molecule has 0 aliphatic heterocycles. The molecule has 0 bridgehead atoms. The lowest BCUT2D eigenvalue weighted by atomic mass is 9.81. The van der Waals surface area contributed by atoms with Crippen LogP contribution in [0.15, 0.2) is 0 Å². The third-order valence-corrected chi connectivity index (χ3v) is 5.22. The smallest absolute Gasteiger partial charge is 0.00722 e. The van der Waals surface area contributed by atoms with Crippen molar-refractivity contribution in [3.05, 3.63) is 0 Å². The van der Waals surface area contributed by atoms with E-state index in [1.807, 2.05) is 0 Å². The molecule has 2 saturated carbocycles. The zero-order chi connectivity index (χ0) is 12.1. The number of hydrogen-bond acceptors (Lipinski definition) is 1. The predicted octanol–water partition coefficient (Wildman–Crippen LogP) is 4.51.